The molecule has 0 aliphatic carbocycles. The molecule has 2 rings (SSSR count). The van der Waals surface area contributed by atoms with Crippen LogP contribution in [0, 0.1) is 0 Å². The van der Waals surface area contributed by atoms with Gasteiger partial charge in [-0.25, -0.2) is 0 Å². The molecule has 0 unspecified atom stereocenters. The summed E-state index contributed by atoms with van der Waals surface area (Å²) in [6.07, 6.45) is -5.46. The maximum Gasteiger partial charge on any atom is 0.406 e. The molecule has 1 aliphatic heterocycles. The summed E-state index contributed by atoms with van der Waals surface area (Å²) in [5.74, 6) is -0.705. The van der Waals surface area contributed by atoms with Gasteiger partial charge in [0.15, 0.2) is 6.10 Å². The third-order valence-electron chi connectivity index (χ3n) is 3.60. The van der Waals surface area contributed by atoms with Crippen LogP contribution in [-0.2, 0) is 20.8 Å². The van der Waals surface area contributed by atoms with E-state index in [2.05, 4.69) is 0 Å². The van der Waals surface area contributed by atoms with Gasteiger partial charge in [0.25, 0.3) is 5.91 Å². The molecule has 0 spiro atoms. The highest BCUT2D eigenvalue weighted by molar-refractivity contribution is 5.81. The molecule has 1 atom stereocenters. The minimum atomic E-state index is -4.48. The second-order valence-electron chi connectivity index (χ2n) is 5.80. The highest BCUT2D eigenvalue weighted by Gasteiger charge is 2.36. The molecule has 8 heteroatoms. The van der Waals surface area contributed by atoms with Crippen LogP contribution in [0.1, 0.15) is 5.56 Å². The lowest BCUT2D eigenvalue weighted by Crippen LogP contribution is -2.48. The van der Waals surface area contributed by atoms with E-state index < -0.39 is 24.7 Å². The molecule has 1 fully saturated rings. The minimum absolute atomic E-state index is 0.0211. The lowest BCUT2D eigenvalue weighted by molar-refractivity contribution is -0.177. The minimum Gasteiger partial charge on any atom is -0.378 e. The number of amides is 1. The molecule has 1 saturated heterocycles. The quantitative estimate of drug-likeness (QED) is 0.819. The summed E-state index contributed by atoms with van der Waals surface area (Å²) in [6, 6.07) is 7.02. The van der Waals surface area contributed by atoms with Gasteiger partial charge in [0.05, 0.1) is 19.8 Å². The summed E-state index contributed by atoms with van der Waals surface area (Å²) >= 11 is 0. The van der Waals surface area contributed by atoms with Crippen LogP contribution in [0.3, 0.4) is 0 Å². The lowest BCUT2D eigenvalue weighted by Gasteiger charge is -2.30. The van der Waals surface area contributed by atoms with Crippen molar-refractivity contribution in [3.05, 3.63) is 29.8 Å². The van der Waals surface area contributed by atoms with Crippen molar-refractivity contribution in [3.8, 4) is 0 Å². The molecular formula is C16H21F3N2O3. The first-order chi connectivity index (χ1) is 11.3. The van der Waals surface area contributed by atoms with Gasteiger partial charge in [0, 0.05) is 26.3 Å². The predicted molar refractivity (Wildman–Crippen MR) is 82.8 cm³/mol. The molecule has 1 amide bonds. The maximum atomic E-state index is 12.8. The van der Waals surface area contributed by atoms with Crippen molar-refractivity contribution in [2.45, 2.75) is 18.8 Å². The Bertz CT molecular complexity index is 540. The van der Waals surface area contributed by atoms with Gasteiger partial charge in [-0.15, -0.1) is 0 Å². The number of hydrogen-bond donors (Lipinski definition) is 0. The number of halogens is 3. The van der Waals surface area contributed by atoms with Crippen LogP contribution in [0.4, 0.5) is 18.9 Å². The maximum absolute atomic E-state index is 12.8. The van der Waals surface area contributed by atoms with Crippen LogP contribution in [0.5, 0.6) is 0 Å². The predicted octanol–water partition coefficient (Wildman–Crippen LogP) is 2.06. The summed E-state index contributed by atoms with van der Waals surface area (Å²) in [4.78, 5) is 15.0. The Morgan fingerprint density at radius 3 is 2.38 bits per heavy atom. The Morgan fingerprint density at radius 1 is 1.21 bits per heavy atom. The summed E-state index contributed by atoms with van der Waals surface area (Å²) in [7, 11) is 3.74. The Morgan fingerprint density at radius 2 is 1.88 bits per heavy atom. The Balaban J connectivity index is 2.11. The van der Waals surface area contributed by atoms with Gasteiger partial charge in [0.1, 0.15) is 6.54 Å². The zero-order valence-corrected chi connectivity index (χ0v) is 13.7. The summed E-state index contributed by atoms with van der Waals surface area (Å²) in [5.41, 5.74) is 1.55. The molecule has 0 N–H and O–H groups in total. The van der Waals surface area contributed by atoms with Crippen LogP contribution >= 0.6 is 0 Å². The van der Waals surface area contributed by atoms with Crippen molar-refractivity contribution in [1.29, 1.82) is 0 Å². The normalized spacial score (nSPS) is 18.3. The molecule has 1 aliphatic rings. The molecule has 0 radical (unpaired) electrons. The van der Waals surface area contributed by atoms with Gasteiger partial charge in [0.2, 0.25) is 0 Å². The van der Waals surface area contributed by atoms with E-state index in [0.717, 1.165) is 10.6 Å². The third kappa shape index (κ3) is 5.38. The summed E-state index contributed by atoms with van der Waals surface area (Å²) in [5, 5.41) is 0. The monoisotopic (exact) mass is 346 g/mol. The average Bonchev–Trinajstić information content (AvgIpc) is 2.53. The van der Waals surface area contributed by atoms with Crippen molar-refractivity contribution in [2.75, 3.05) is 45.4 Å². The van der Waals surface area contributed by atoms with E-state index in [9.17, 15) is 18.0 Å². The molecule has 0 aromatic heterocycles. The second-order valence-corrected chi connectivity index (χ2v) is 5.80. The van der Waals surface area contributed by atoms with Crippen LogP contribution in [0.25, 0.3) is 0 Å². The number of hydrogen-bond acceptors (Lipinski definition) is 4. The van der Waals surface area contributed by atoms with E-state index in [1.54, 1.807) is 24.3 Å². The van der Waals surface area contributed by atoms with Crippen LogP contribution in [0.2, 0.25) is 0 Å². The first-order valence-corrected chi connectivity index (χ1v) is 7.57. The molecule has 1 aromatic carbocycles. The number of anilines is 1. The van der Waals surface area contributed by atoms with E-state index in [1.807, 2.05) is 19.0 Å². The molecular weight excluding hydrogens is 325 g/mol. The number of rotatable bonds is 5. The molecule has 5 nitrogen and oxygen atoms in total. The first kappa shape index (κ1) is 18.5. The number of ether oxygens (including phenoxy) is 2. The fraction of sp³-hybridized carbons (Fsp3) is 0.562. The van der Waals surface area contributed by atoms with E-state index in [4.69, 9.17) is 9.47 Å². The van der Waals surface area contributed by atoms with Crippen LogP contribution < -0.4 is 4.90 Å². The topological polar surface area (TPSA) is 42.0 Å². The Kier molecular flexibility index (Phi) is 6.06. The van der Waals surface area contributed by atoms with Crippen molar-refractivity contribution < 1.29 is 27.4 Å². The standard InChI is InChI=1S/C16H21F3N2O3/c1-20(2)13-5-3-12(4-6-13)9-21(11-16(17,18)19)15(22)14-10-23-7-8-24-14/h3-6,14H,7-11H2,1-2H3/t14-/m1/s1. The smallest absolute Gasteiger partial charge is 0.378 e. The van der Waals surface area contributed by atoms with Crippen molar-refractivity contribution in [2.24, 2.45) is 0 Å². The summed E-state index contributed by atoms with van der Waals surface area (Å²) in [6.45, 7) is -0.928. The van der Waals surface area contributed by atoms with Crippen molar-refractivity contribution in [1.82, 2.24) is 4.90 Å². The van der Waals surface area contributed by atoms with Gasteiger partial charge in [-0.1, -0.05) is 12.1 Å². The van der Waals surface area contributed by atoms with E-state index in [0.29, 0.717) is 12.2 Å². The molecule has 0 bridgehead atoms. The zero-order chi connectivity index (χ0) is 17.7. The average molecular weight is 346 g/mol. The van der Waals surface area contributed by atoms with E-state index >= 15 is 0 Å². The van der Waals surface area contributed by atoms with Crippen LogP contribution in [-0.4, -0.2) is 63.5 Å². The largest absolute Gasteiger partial charge is 0.406 e. The first-order valence-electron chi connectivity index (χ1n) is 7.57. The van der Waals surface area contributed by atoms with E-state index in [-0.39, 0.29) is 19.8 Å². The van der Waals surface area contributed by atoms with Gasteiger partial charge in [-0.2, -0.15) is 13.2 Å². The van der Waals surface area contributed by atoms with Gasteiger partial charge in [-0.3, -0.25) is 4.79 Å². The van der Waals surface area contributed by atoms with Gasteiger partial charge >= 0.3 is 6.18 Å². The second kappa shape index (κ2) is 7.85. The van der Waals surface area contributed by atoms with E-state index in [1.165, 1.54) is 0 Å². The van der Waals surface area contributed by atoms with Gasteiger partial charge < -0.3 is 19.3 Å². The van der Waals surface area contributed by atoms with Gasteiger partial charge in [-0.05, 0) is 17.7 Å². The third-order valence-corrected chi connectivity index (χ3v) is 3.60. The fourth-order valence-electron chi connectivity index (χ4n) is 2.38. The summed E-state index contributed by atoms with van der Waals surface area (Å²) < 4.78 is 48.8. The lowest BCUT2D eigenvalue weighted by atomic mass is 10.1. The number of nitrogens with zero attached hydrogens (tertiary/aromatic N) is 2. The fourth-order valence-corrected chi connectivity index (χ4v) is 2.38. The SMILES string of the molecule is CN(C)c1ccc(CN(CC(F)(F)F)C(=O)[C@H]2COCCO2)cc1. The molecule has 134 valence electrons. The molecule has 1 aromatic rings. The van der Waals surface area contributed by atoms with Crippen molar-refractivity contribution in [3.63, 3.8) is 0 Å². The highest BCUT2D eigenvalue weighted by atomic mass is 19.4. The number of carbonyl (C=O) groups excluding carboxylic acids is 1. The highest BCUT2D eigenvalue weighted by Crippen LogP contribution is 2.21. The molecule has 0 saturated carbocycles. The van der Waals surface area contributed by atoms with Crippen LogP contribution in [0.15, 0.2) is 24.3 Å². The Labute approximate surface area is 138 Å². The number of carbonyl (C=O) groups is 1. The molecule has 1 heterocycles. The number of alkyl halides is 3. The van der Waals surface area contributed by atoms with Crippen molar-refractivity contribution >= 4 is 11.6 Å². The zero-order valence-electron chi connectivity index (χ0n) is 13.7. The Hall–Kier alpha value is -1.80. The molecule has 24 heavy (non-hydrogen) atoms. The number of benzene rings is 1.